The SMILES string of the molecule is OC(CCl)CNc1cccc(Oc2c(F)c(F)c(F)c(F)c2F)c1. The number of aliphatic hydroxyl groups is 1. The van der Waals surface area contributed by atoms with Gasteiger partial charge in [-0.2, -0.15) is 8.78 Å². The summed E-state index contributed by atoms with van der Waals surface area (Å²) in [4.78, 5) is 0. The number of halogens is 6. The summed E-state index contributed by atoms with van der Waals surface area (Å²) in [7, 11) is 0. The Balaban J connectivity index is 2.26. The van der Waals surface area contributed by atoms with Crippen molar-refractivity contribution in [2.45, 2.75) is 6.10 Å². The lowest BCUT2D eigenvalue weighted by Gasteiger charge is -2.13. The third-order valence-corrected chi connectivity index (χ3v) is 3.30. The summed E-state index contributed by atoms with van der Waals surface area (Å²) in [6.45, 7) is 0.0927. The predicted molar refractivity (Wildman–Crippen MR) is 78.0 cm³/mol. The molecule has 0 heterocycles. The van der Waals surface area contributed by atoms with E-state index in [0.29, 0.717) is 5.69 Å². The average molecular weight is 368 g/mol. The zero-order chi connectivity index (χ0) is 17.9. The van der Waals surface area contributed by atoms with Crippen LogP contribution in [0, 0.1) is 29.1 Å². The van der Waals surface area contributed by atoms with E-state index in [1.807, 2.05) is 0 Å². The summed E-state index contributed by atoms with van der Waals surface area (Å²) in [6.07, 6.45) is -0.827. The molecule has 24 heavy (non-hydrogen) atoms. The second-order valence-electron chi connectivity index (χ2n) is 4.72. The molecule has 0 radical (unpaired) electrons. The summed E-state index contributed by atoms with van der Waals surface area (Å²) < 4.78 is 71.2. The second kappa shape index (κ2) is 7.67. The van der Waals surface area contributed by atoms with E-state index < -0.39 is 40.9 Å². The van der Waals surface area contributed by atoms with Gasteiger partial charge in [-0.1, -0.05) is 6.07 Å². The summed E-state index contributed by atoms with van der Waals surface area (Å²) in [5, 5.41) is 12.1. The van der Waals surface area contributed by atoms with Crippen molar-refractivity contribution < 1.29 is 31.8 Å². The van der Waals surface area contributed by atoms with E-state index in [0.717, 1.165) is 0 Å². The van der Waals surface area contributed by atoms with E-state index in [-0.39, 0.29) is 18.2 Å². The molecule has 3 nitrogen and oxygen atoms in total. The molecular weight excluding hydrogens is 357 g/mol. The van der Waals surface area contributed by atoms with Crippen molar-refractivity contribution in [3.8, 4) is 11.5 Å². The topological polar surface area (TPSA) is 41.5 Å². The van der Waals surface area contributed by atoms with Crippen LogP contribution in [0.4, 0.5) is 27.6 Å². The van der Waals surface area contributed by atoms with Crippen LogP contribution in [0.15, 0.2) is 24.3 Å². The Morgan fingerprint density at radius 3 is 2.17 bits per heavy atom. The third kappa shape index (κ3) is 3.88. The average Bonchev–Trinajstić information content (AvgIpc) is 2.60. The quantitative estimate of drug-likeness (QED) is 0.348. The van der Waals surface area contributed by atoms with Crippen LogP contribution in [-0.2, 0) is 0 Å². The first-order valence-electron chi connectivity index (χ1n) is 6.62. The number of hydrogen-bond donors (Lipinski definition) is 2. The van der Waals surface area contributed by atoms with Gasteiger partial charge in [-0.05, 0) is 12.1 Å². The first-order valence-corrected chi connectivity index (χ1v) is 7.15. The minimum absolute atomic E-state index is 0.00620. The number of alkyl halides is 1. The Bertz CT molecular complexity index is 715. The van der Waals surface area contributed by atoms with Gasteiger partial charge in [0, 0.05) is 18.3 Å². The number of rotatable bonds is 6. The molecule has 1 atom stereocenters. The van der Waals surface area contributed by atoms with Crippen LogP contribution in [0.25, 0.3) is 0 Å². The molecule has 2 aromatic rings. The van der Waals surface area contributed by atoms with Crippen molar-refractivity contribution in [3.63, 3.8) is 0 Å². The van der Waals surface area contributed by atoms with Crippen LogP contribution < -0.4 is 10.1 Å². The highest BCUT2D eigenvalue weighted by Crippen LogP contribution is 2.33. The molecule has 0 amide bonds. The zero-order valence-electron chi connectivity index (χ0n) is 11.9. The highest BCUT2D eigenvalue weighted by molar-refractivity contribution is 6.18. The molecule has 2 N–H and O–H groups in total. The van der Waals surface area contributed by atoms with Crippen molar-refractivity contribution in [2.75, 3.05) is 17.7 Å². The highest BCUT2D eigenvalue weighted by Gasteiger charge is 2.27. The number of benzene rings is 2. The molecule has 2 aromatic carbocycles. The van der Waals surface area contributed by atoms with Crippen LogP contribution >= 0.6 is 11.6 Å². The van der Waals surface area contributed by atoms with E-state index in [1.165, 1.54) is 18.2 Å². The Labute approximate surface area is 138 Å². The molecule has 0 spiro atoms. The van der Waals surface area contributed by atoms with Crippen molar-refractivity contribution in [2.24, 2.45) is 0 Å². The minimum atomic E-state index is -2.26. The van der Waals surface area contributed by atoms with Gasteiger partial charge in [0.1, 0.15) is 5.75 Å². The van der Waals surface area contributed by atoms with Gasteiger partial charge in [-0.15, -0.1) is 11.6 Å². The molecular formula is C15H11ClF5NO2. The lowest BCUT2D eigenvalue weighted by Crippen LogP contribution is -2.20. The summed E-state index contributed by atoms with van der Waals surface area (Å²) >= 11 is 5.43. The molecule has 0 aliphatic carbocycles. The largest absolute Gasteiger partial charge is 0.451 e. The van der Waals surface area contributed by atoms with Crippen LogP contribution in [0.2, 0.25) is 0 Å². The molecule has 2 rings (SSSR count). The molecule has 0 saturated heterocycles. The van der Waals surface area contributed by atoms with Gasteiger partial charge in [0.2, 0.25) is 34.8 Å². The van der Waals surface area contributed by atoms with E-state index in [4.69, 9.17) is 16.3 Å². The zero-order valence-corrected chi connectivity index (χ0v) is 12.7. The van der Waals surface area contributed by atoms with Crippen molar-refractivity contribution in [1.29, 1.82) is 0 Å². The minimum Gasteiger partial charge on any atom is -0.451 e. The van der Waals surface area contributed by atoms with Crippen LogP contribution in [0.5, 0.6) is 11.5 Å². The van der Waals surface area contributed by atoms with Gasteiger partial charge >= 0.3 is 0 Å². The van der Waals surface area contributed by atoms with E-state index in [9.17, 15) is 27.1 Å². The first-order chi connectivity index (χ1) is 11.3. The fourth-order valence-corrected chi connectivity index (χ4v) is 1.86. The molecule has 0 saturated carbocycles. The summed E-state index contributed by atoms with van der Waals surface area (Å²) in [5.41, 5.74) is 0.389. The Morgan fingerprint density at radius 2 is 1.58 bits per heavy atom. The summed E-state index contributed by atoms with van der Waals surface area (Å²) in [6, 6.07) is 5.50. The van der Waals surface area contributed by atoms with E-state index >= 15 is 0 Å². The molecule has 0 bridgehead atoms. The smallest absolute Gasteiger partial charge is 0.207 e. The standard InChI is InChI=1S/C15H11ClF5NO2/c16-5-8(23)6-22-7-2-1-3-9(4-7)24-15-13(20)11(18)10(17)12(19)14(15)21/h1-4,8,22-23H,5-6H2. The van der Waals surface area contributed by atoms with Gasteiger partial charge in [0.05, 0.1) is 12.0 Å². The molecule has 0 aliphatic rings. The van der Waals surface area contributed by atoms with Crippen LogP contribution in [0.3, 0.4) is 0 Å². The molecule has 130 valence electrons. The fourth-order valence-electron chi connectivity index (χ4n) is 1.75. The third-order valence-electron chi connectivity index (χ3n) is 2.94. The Kier molecular flexibility index (Phi) is 5.84. The number of nitrogens with one attached hydrogen (secondary N) is 1. The molecule has 0 aromatic heterocycles. The fraction of sp³-hybridized carbons (Fsp3) is 0.200. The van der Waals surface area contributed by atoms with E-state index in [1.54, 1.807) is 6.07 Å². The van der Waals surface area contributed by atoms with Crippen LogP contribution in [-0.4, -0.2) is 23.6 Å². The van der Waals surface area contributed by atoms with Crippen molar-refractivity contribution in [3.05, 3.63) is 53.4 Å². The monoisotopic (exact) mass is 367 g/mol. The molecule has 1 unspecified atom stereocenters. The number of ether oxygens (including phenoxy) is 1. The first kappa shape index (κ1) is 18.3. The Hall–Kier alpha value is -2.06. The maximum absolute atomic E-state index is 13.6. The molecule has 9 heteroatoms. The van der Waals surface area contributed by atoms with Crippen LogP contribution in [0.1, 0.15) is 0 Å². The predicted octanol–water partition coefficient (Wildman–Crippen LogP) is 4.19. The maximum Gasteiger partial charge on any atom is 0.207 e. The molecule has 0 aliphatic heterocycles. The lowest BCUT2D eigenvalue weighted by atomic mass is 10.2. The van der Waals surface area contributed by atoms with Crippen molar-refractivity contribution in [1.82, 2.24) is 0 Å². The summed E-state index contributed by atoms with van der Waals surface area (Å²) in [5.74, 6) is -12.2. The number of anilines is 1. The van der Waals surface area contributed by atoms with Gasteiger partial charge < -0.3 is 15.2 Å². The molecule has 0 fully saturated rings. The van der Waals surface area contributed by atoms with Gasteiger partial charge in [-0.25, -0.2) is 13.2 Å². The number of hydrogen-bond acceptors (Lipinski definition) is 3. The van der Waals surface area contributed by atoms with Crippen molar-refractivity contribution >= 4 is 17.3 Å². The van der Waals surface area contributed by atoms with Gasteiger partial charge in [0.15, 0.2) is 0 Å². The Morgan fingerprint density at radius 1 is 1.00 bits per heavy atom. The van der Waals surface area contributed by atoms with Gasteiger partial charge in [-0.3, -0.25) is 0 Å². The van der Waals surface area contributed by atoms with Gasteiger partial charge in [0.25, 0.3) is 0 Å². The highest BCUT2D eigenvalue weighted by atomic mass is 35.5. The number of aliphatic hydroxyl groups excluding tert-OH is 1. The second-order valence-corrected chi connectivity index (χ2v) is 5.03. The lowest BCUT2D eigenvalue weighted by molar-refractivity contribution is 0.211. The normalized spacial score (nSPS) is 12.1. The van der Waals surface area contributed by atoms with E-state index in [2.05, 4.69) is 5.32 Å². The maximum atomic E-state index is 13.6.